The van der Waals surface area contributed by atoms with Crippen molar-refractivity contribution in [1.82, 2.24) is 9.80 Å². The molecular weight excluding hydrogens is 688 g/mol. The Hall–Kier alpha value is -4.62. The van der Waals surface area contributed by atoms with Crippen LogP contribution in [0, 0.1) is 13.8 Å². The van der Waals surface area contributed by atoms with Crippen molar-refractivity contribution < 1.29 is 40.1 Å². The van der Waals surface area contributed by atoms with E-state index in [4.69, 9.17) is 9.47 Å². The fourth-order valence-corrected chi connectivity index (χ4v) is 7.98. The molecule has 0 amide bonds. The van der Waals surface area contributed by atoms with Crippen LogP contribution in [0.25, 0.3) is 32.7 Å². The van der Waals surface area contributed by atoms with Gasteiger partial charge < -0.3 is 40.1 Å². The van der Waals surface area contributed by atoms with Gasteiger partial charge in [-0.3, -0.25) is 19.8 Å². The number of nitrogens with zero attached hydrogens (tertiary/aromatic N) is 4. The third-order valence-electron chi connectivity index (χ3n) is 10.7. The number of phenolic OH excluding ortho intramolecular Hbond substituents is 6. The Morgan fingerprint density at radius 1 is 0.574 bits per heavy atom. The number of aromatic hydroxyl groups is 6. The molecule has 12 heteroatoms. The second kappa shape index (κ2) is 16.4. The Morgan fingerprint density at radius 2 is 0.926 bits per heavy atom. The Bertz CT molecular complexity index is 1950. The number of benzene rings is 4. The number of aliphatic imine (C=N–C) groups is 2. The Balaban J connectivity index is 1.55. The number of hydrogen-bond donors (Lipinski definition) is 6. The summed E-state index contributed by atoms with van der Waals surface area (Å²) in [7, 11) is 0. The number of ether oxygens (including phenoxy) is 2. The van der Waals surface area contributed by atoms with Crippen LogP contribution in [0.15, 0.2) is 22.1 Å². The van der Waals surface area contributed by atoms with Crippen LogP contribution in [0.1, 0.15) is 72.9 Å². The van der Waals surface area contributed by atoms with Gasteiger partial charge in [-0.2, -0.15) is 0 Å². The molecule has 4 aromatic rings. The van der Waals surface area contributed by atoms with Crippen molar-refractivity contribution >= 4 is 34.0 Å². The SMILES string of the molecule is Cc1cc2c(C(C)C)c(O)c(O)c(C=NCCN3CCOCC3)c2c(O)c1-c1c(C)cc2c(C(C)C)c(O)c(O)c(C=NCCN3CCOCC3)c2c1O. The van der Waals surface area contributed by atoms with E-state index >= 15 is 0 Å². The van der Waals surface area contributed by atoms with Crippen LogP contribution >= 0.6 is 0 Å². The van der Waals surface area contributed by atoms with Gasteiger partial charge in [-0.1, -0.05) is 39.8 Å². The monoisotopic (exact) mass is 742 g/mol. The normalized spacial score (nSPS) is 16.4. The number of rotatable bonds is 11. The molecule has 0 atom stereocenters. The van der Waals surface area contributed by atoms with Crippen molar-refractivity contribution in [2.75, 3.05) is 78.8 Å². The molecule has 0 bridgehead atoms. The Morgan fingerprint density at radius 3 is 1.26 bits per heavy atom. The number of morpholine rings is 2. The van der Waals surface area contributed by atoms with Crippen molar-refractivity contribution in [1.29, 1.82) is 0 Å². The standard InChI is InChI=1S/C42H54N4O8/c1-23(2)31-27-19-25(5)33(39(49)35(27)29(37(47)41(31)51)21-43-7-9-45-11-15-53-16-12-45)34-26(6)20-28-32(24(3)4)42(52)38(48)30(36(28)40(34)50)22-44-8-10-46-13-17-54-18-14-46/h19-24,47-52H,7-18H2,1-6H3. The van der Waals surface area contributed by atoms with E-state index in [1.165, 1.54) is 12.4 Å². The third-order valence-corrected chi connectivity index (χ3v) is 10.7. The average Bonchev–Trinajstić information content (AvgIpc) is 3.13. The van der Waals surface area contributed by atoms with Crippen LogP contribution in [-0.4, -0.2) is 132 Å². The van der Waals surface area contributed by atoms with Crippen LogP contribution in [0.2, 0.25) is 0 Å². The molecule has 0 unspecified atom stereocenters. The minimum Gasteiger partial charge on any atom is -0.507 e. The minimum absolute atomic E-state index is 0.170. The number of aryl methyl sites for hydroxylation is 2. The molecule has 290 valence electrons. The van der Waals surface area contributed by atoms with E-state index < -0.39 is 0 Å². The Kier molecular flexibility index (Phi) is 11.9. The van der Waals surface area contributed by atoms with E-state index in [0.717, 1.165) is 26.2 Å². The lowest BCUT2D eigenvalue weighted by molar-refractivity contribution is 0.0394. The van der Waals surface area contributed by atoms with E-state index in [1.54, 1.807) is 0 Å². The molecule has 4 aromatic carbocycles. The number of hydrogen-bond acceptors (Lipinski definition) is 12. The quantitative estimate of drug-likeness (QED) is 0.0762. The van der Waals surface area contributed by atoms with Gasteiger partial charge in [-0.05, 0) is 47.6 Å². The van der Waals surface area contributed by atoms with Gasteiger partial charge in [0, 0.05) is 95.9 Å². The molecule has 2 aliphatic rings. The smallest absolute Gasteiger partial charge is 0.167 e. The summed E-state index contributed by atoms with van der Waals surface area (Å²) in [6, 6.07) is 3.71. The molecule has 0 radical (unpaired) electrons. The summed E-state index contributed by atoms with van der Waals surface area (Å²) in [6.45, 7) is 19.4. The molecule has 2 aliphatic heterocycles. The molecule has 2 fully saturated rings. The largest absolute Gasteiger partial charge is 0.507 e. The maximum Gasteiger partial charge on any atom is 0.167 e. The van der Waals surface area contributed by atoms with Crippen molar-refractivity contribution in [3.63, 3.8) is 0 Å². The van der Waals surface area contributed by atoms with Gasteiger partial charge >= 0.3 is 0 Å². The molecule has 12 nitrogen and oxygen atoms in total. The van der Waals surface area contributed by atoms with Crippen LogP contribution in [0.3, 0.4) is 0 Å². The lowest BCUT2D eigenvalue weighted by Gasteiger charge is -2.25. The van der Waals surface area contributed by atoms with Crippen molar-refractivity contribution in [2.24, 2.45) is 9.98 Å². The predicted octanol–water partition coefficient (Wildman–Crippen LogP) is 6.26. The van der Waals surface area contributed by atoms with Gasteiger partial charge in [0.2, 0.25) is 0 Å². The summed E-state index contributed by atoms with van der Waals surface area (Å²) < 4.78 is 10.9. The molecule has 0 aromatic heterocycles. The highest BCUT2D eigenvalue weighted by molar-refractivity contribution is 6.15. The summed E-state index contributed by atoms with van der Waals surface area (Å²) in [5, 5.41) is 71.9. The van der Waals surface area contributed by atoms with Crippen LogP contribution in [0.4, 0.5) is 0 Å². The van der Waals surface area contributed by atoms with Crippen LogP contribution in [-0.2, 0) is 9.47 Å². The highest BCUT2D eigenvalue weighted by Gasteiger charge is 2.29. The predicted molar refractivity (Wildman–Crippen MR) is 214 cm³/mol. The molecule has 0 spiro atoms. The van der Waals surface area contributed by atoms with E-state index in [-0.39, 0.29) is 57.5 Å². The van der Waals surface area contributed by atoms with Gasteiger partial charge in [0.05, 0.1) is 39.5 Å². The molecule has 54 heavy (non-hydrogen) atoms. The zero-order valence-electron chi connectivity index (χ0n) is 32.2. The van der Waals surface area contributed by atoms with E-state index in [9.17, 15) is 30.6 Å². The highest BCUT2D eigenvalue weighted by atomic mass is 16.5. The molecular formula is C42H54N4O8. The van der Waals surface area contributed by atoms with E-state index in [1.807, 2.05) is 53.7 Å². The first-order valence-corrected chi connectivity index (χ1v) is 18.9. The van der Waals surface area contributed by atoms with E-state index in [0.29, 0.717) is 108 Å². The fourth-order valence-electron chi connectivity index (χ4n) is 7.98. The average molecular weight is 743 g/mol. The summed E-state index contributed by atoms with van der Waals surface area (Å²) in [4.78, 5) is 13.7. The van der Waals surface area contributed by atoms with E-state index in [2.05, 4.69) is 19.8 Å². The summed E-state index contributed by atoms with van der Waals surface area (Å²) in [5.41, 5.74) is 3.20. The third kappa shape index (κ3) is 7.40. The van der Waals surface area contributed by atoms with Crippen molar-refractivity contribution in [3.05, 3.63) is 45.5 Å². The van der Waals surface area contributed by atoms with Crippen LogP contribution in [0.5, 0.6) is 34.5 Å². The van der Waals surface area contributed by atoms with Crippen LogP contribution < -0.4 is 0 Å². The maximum absolute atomic E-state index is 12.4. The molecule has 6 N–H and O–H groups in total. The Labute approximate surface area is 316 Å². The lowest BCUT2D eigenvalue weighted by atomic mass is 9.83. The summed E-state index contributed by atoms with van der Waals surface area (Å²) in [6.07, 6.45) is 2.99. The topological polar surface area (TPSA) is 171 Å². The second-order valence-corrected chi connectivity index (χ2v) is 15.0. The maximum atomic E-state index is 12.4. The van der Waals surface area contributed by atoms with Gasteiger partial charge in [-0.25, -0.2) is 0 Å². The summed E-state index contributed by atoms with van der Waals surface area (Å²) in [5.74, 6) is -2.10. The minimum atomic E-state index is -0.386. The fraction of sp³-hybridized carbons (Fsp3) is 0.476. The summed E-state index contributed by atoms with van der Waals surface area (Å²) >= 11 is 0. The second-order valence-electron chi connectivity index (χ2n) is 15.0. The highest BCUT2D eigenvalue weighted by Crippen LogP contribution is 2.54. The van der Waals surface area contributed by atoms with Crippen molar-refractivity contribution in [3.8, 4) is 45.6 Å². The van der Waals surface area contributed by atoms with Gasteiger partial charge in [0.1, 0.15) is 11.5 Å². The van der Waals surface area contributed by atoms with Crippen molar-refractivity contribution in [2.45, 2.75) is 53.4 Å². The van der Waals surface area contributed by atoms with Gasteiger partial charge in [0.25, 0.3) is 0 Å². The molecule has 2 saturated heterocycles. The zero-order chi connectivity index (χ0) is 38.8. The number of fused-ring (bicyclic) bond motifs is 2. The van der Waals surface area contributed by atoms with Gasteiger partial charge in [-0.15, -0.1) is 0 Å². The molecule has 0 aliphatic carbocycles. The zero-order valence-corrected chi connectivity index (χ0v) is 32.2. The molecule has 6 rings (SSSR count). The first-order valence-electron chi connectivity index (χ1n) is 18.9. The lowest BCUT2D eigenvalue weighted by Crippen LogP contribution is -2.37. The first kappa shape index (κ1) is 39.1. The number of phenols is 6. The first-order chi connectivity index (χ1) is 25.8. The van der Waals surface area contributed by atoms with Gasteiger partial charge in [0.15, 0.2) is 23.0 Å². The molecule has 0 saturated carbocycles. The molecule has 2 heterocycles.